The summed E-state index contributed by atoms with van der Waals surface area (Å²) in [5, 5.41) is 18.5. The van der Waals surface area contributed by atoms with Gasteiger partial charge in [-0.2, -0.15) is 5.10 Å². The molecule has 2 N–H and O–H groups in total. The van der Waals surface area contributed by atoms with Gasteiger partial charge in [-0.05, 0) is 31.4 Å². The van der Waals surface area contributed by atoms with Crippen LogP contribution < -0.4 is 5.32 Å². The molecule has 2 rings (SSSR count). The number of pyridine rings is 1. The van der Waals surface area contributed by atoms with Crippen LogP contribution in [0.25, 0.3) is 11.0 Å². The Balaban J connectivity index is 2.05. The first-order valence-corrected chi connectivity index (χ1v) is 7.65. The van der Waals surface area contributed by atoms with Gasteiger partial charge in [-0.3, -0.25) is 4.68 Å². The van der Waals surface area contributed by atoms with E-state index in [2.05, 4.69) is 35.3 Å². The number of hydrogen-bond acceptors (Lipinski definition) is 4. The van der Waals surface area contributed by atoms with Crippen LogP contribution in [0.4, 0.5) is 0 Å². The maximum absolute atomic E-state index is 9.59. The van der Waals surface area contributed by atoms with Crippen molar-refractivity contribution in [1.29, 1.82) is 0 Å². The van der Waals surface area contributed by atoms with E-state index >= 15 is 0 Å². The molecule has 5 nitrogen and oxygen atoms in total. The molecular weight excluding hydrogens is 264 g/mol. The van der Waals surface area contributed by atoms with Crippen molar-refractivity contribution < 1.29 is 5.11 Å². The van der Waals surface area contributed by atoms with Gasteiger partial charge in [0.25, 0.3) is 0 Å². The molecule has 0 aliphatic carbocycles. The average Bonchev–Trinajstić information content (AvgIpc) is 2.79. The smallest absolute Gasteiger partial charge is 0.157 e. The van der Waals surface area contributed by atoms with Gasteiger partial charge in [0, 0.05) is 43.7 Å². The van der Waals surface area contributed by atoms with Crippen molar-refractivity contribution in [3.63, 3.8) is 0 Å². The van der Waals surface area contributed by atoms with Crippen molar-refractivity contribution in [2.24, 2.45) is 12.5 Å². The number of hydrogen-bond donors (Lipinski definition) is 2. The first kappa shape index (κ1) is 15.9. The Hall–Kier alpha value is -1.46. The molecule has 0 unspecified atom stereocenters. The van der Waals surface area contributed by atoms with Gasteiger partial charge in [-0.1, -0.05) is 13.8 Å². The van der Waals surface area contributed by atoms with E-state index in [1.54, 1.807) is 0 Å². The predicted octanol–water partition coefficient (Wildman–Crippen LogP) is 2.17. The van der Waals surface area contributed by atoms with E-state index < -0.39 is 0 Å². The minimum atomic E-state index is -0.0122. The lowest BCUT2D eigenvalue weighted by Gasteiger charge is -2.29. The highest BCUT2D eigenvalue weighted by Gasteiger charge is 2.24. The predicted molar refractivity (Wildman–Crippen MR) is 85.1 cm³/mol. The summed E-state index contributed by atoms with van der Waals surface area (Å²) in [6.45, 7) is 8.08. The summed E-state index contributed by atoms with van der Waals surface area (Å²) in [6, 6.07) is 2.15. The number of aliphatic hydroxyl groups is 1. The standard InChI is InChI=1S/C16H26N4O/c1-5-16(6-2,11-21)10-17-8-13-7-14-12(3)19-20(4)15(14)18-9-13/h7,9,17,21H,5-6,8,10-11H2,1-4H3. The fourth-order valence-corrected chi connectivity index (χ4v) is 2.70. The van der Waals surface area contributed by atoms with Crippen LogP contribution in [0.5, 0.6) is 0 Å². The van der Waals surface area contributed by atoms with E-state index in [4.69, 9.17) is 0 Å². The zero-order valence-corrected chi connectivity index (χ0v) is 13.5. The lowest BCUT2D eigenvalue weighted by Crippen LogP contribution is -2.36. The fourth-order valence-electron chi connectivity index (χ4n) is 2.70. The number of nitrogens with zero attached hydrogens (tertiary/aromatic N) is 3. The molecule has 21 heavy (non-hydrogen) atoms. The lowest BCUT2D eigenvalue weighted by atomic mass is 9.83. The molecule has 0 fully saturated rings. The second-order valence-electron chi connectivity index (χ2n) is 5.89. The van der Waals surface area contributed by atoms with Gasteiger partial charge in [-0.25, -0.2) is 4.98 Å². The minimum absolute atomic E-state index is 0.0122. The summed E-state index contributed by atoms with van der Waals surface area (Å²) in [4.78, 5) is 4.49. The molecule has 2 aromatic rings. The number of rotatable bonds is 7. The summed E-state index contributed by atoms with van der Waals surface area (Å²) >= 11 is 0. The number of aryl methyl sites for hydroxylation is 2. The van der Waals surface area contributed by atoms with Crippen molar-refractivity contribution in [1.82, 2.24) is 20.1 Å². The monoisotopic (exact) mass is 290 g/mol. The second kappa shape index (κ2) is 6.54. The zero-order chi connectivity index (χ0) is 15.5. The molecule has 0 aliphatic heterocycles. The van der Waals surface area contributed by atoms with Crippen LogP contribution in [-0.4, -0.2) is 33.0 Å². The van der Waals surface area contributed by atoms with Crippen LogP contribution in [0.3, 0.4) is 0 Å². The Morgan fingerprint density at radius 1 is 1.33 bits per heavy atom. The third-order valence-corrected chi connectivity index (χ3v) is 4.58. The van der Waals surface area contributed by atoms with Crippen molar-refractivity contribution in [3.8, 4) is 0 Å². The van der Waals surface area contributed by atoms with Crippen molar-refractivity contribution >= 4 is 11.0 Å². The maximum Gasteiger partial charge on any atom is 0.157 e. The third kappa shape index (κ3) is 3.24. The topological polar surface area (TPSA) is 63.0 Å². The summed E-state index contributed by atoms with van der Waals surface area (Å²) in [7, 11) is 1.92. The molecule has 0 spiro atoms. The average molecular weight is 290 g/mol. The van der Waals surface area contributed by atoms with Gasteiger partial charge >= 0.3 is 0 Å². The highest BCUT2D eigenvalue weighted by atomic mass is 16.3. The maximum atomic E-state index is 9.59. The molecule has 0 amide bonds. The Bertz CT molecular complexity index is 593. The molecule has 0 atom stereocenters. The van der Waals surface area contributed by atoms with Crippen molar-refractivity contribution in [3.05, 3.63) is 23.5 Å². The zero-order valence-electron chi connectivity index (χ0n) is 13.5. The van der Waals surface area contributed by atoms with E-state index in [0.29, 0.717) is 0 Å². The summed E-state index contributed by atoms with van der Waals surface area (Å²) < 4.78 is 1.81. The number of nitrogens with one attached hydrogen (secondary N) is 1. The van der Waals surface area contributed by atoms with E-state index in [9.17, 15) is 5.11 Å². The summed E-state index contributed by atoms with van der Waals surface area (Å²) in [5.74, 6) is 0. The molecule has 2 heterocycles. The Kier molecular flexibility index (Phi) is 4.96. The number of fused-ring (bicyclic) bond motifs is 1. The lowest BCUT2D eigenvalue weighted by molar-refractivity contribution is 0.113. The molecule has 0 aliphatic rings. The summed E-state index contributed by atoms with van der Waals surface area (Å²) in [6.07, 6.45) is 3.85. The van der Waals surface area contributed by atoms with Gasteiger partial charge in [0.05, 0.1) is 5.69 Å². The van der Waals surface area contributed by atoms with Crippen LogP contribution in [0.2, 0.25) is 0 Å². The largest absolute Gasteiger partial charge is 0.396 e. The van der Waals surface area contributed by atoms with Crippen LogP contribution >= 0.6 is 0 Å². The van der Waals surface area contributed by atoms with E-state index in [-0.39, 0.29) is 12.0 Å². The molecular formula is C16H26N4O. The summed E-state index contributed by atoms with van der Waals surface area (Å²) in [5.41, 5.74) is 3.07. The molecule has 0 saturated carbocycles. The van der Waals surface area contributed by atoms with E-state index in [1.807, 2.05) is 24.9 Å². The van der Waals surface area contributed by atoms with Crippen molar-refractivity contribution in [2.45, 2.75) is 40.2 Å². The van der Waals surface area contributed by atoms with Gasteiger partial charge in [0.2, 0.25) is 0 Å². The van der Waals surface area contributed by atoms with Crippen LogP contribution in [-0.2, 0) is 13.6 Å². The van der Waals surface area contributed by atoms with E-state index in [1.165, 1.54) is 0 Å². The van der Waals surface area contributed by atoms with Gasteiger partial charge < -0.3 is 10.4 Å². The molecule has 5 heteroatoms. The van der Waals surface area contributed by atoms with E-state index in [0.717, 1.165) is 48.2 Å². The van der Waals surface area contributed by atoms with Gasteiger partial charge in [0.15, 0.2) is 5.65 Å². The highest BCUT2D eigenvalue weighted by Crippen LogP contribution is 2.24. The molecule has 116 valence electrons. The van der Waals surface area contributed by atoms with Gasteiger partial charge in [0.1, 0.15) is 0 Å². The number of aliphatic hydroxyl groups excluding tert-OH is 1. The molecule has 0 radical (unpaired) electrons. The second-order valence-corrected chi connectivity index (χ2v) is 5.89. The SMILES string of the molecule is CCC(CC)(CO)CNCc1cnc2c(c1)c(C)nn2C. The first-order chi connectivity index (χ1) is 10.0. The third-order valence-electron chi connectivity index (χ3n) is 4.58. The highest BCUT2D eigenvalue weighted by molar-refractivity contribution is 5.78. The quantitative estimate of drug-likeness (QED) is 0.820. The first-order valence-electron chi connectivity index (χ1n) is 7.65. The Morgan fingerprint density at radius 2 is 2.05 bits per heavy atom. The Labute approximate surface area is 126 Å². The fraction of sp³-hybridized carbons (Fsp3) is 0.625. The van der Waals surface area contributed by atoms with Crippen molar-refractivity contribution in [2.75, 3.05) is 13.2 Å². The molecule has 0 bridgehead atoms. The normalized spacial score (nSPS) is 12.2. The molecule has 0 saturated heterocycles. The van der Waals surface area contributed by atoms with Gasteiger partial charge in [-0.15, -0.1) is 0 Å². The van der Waals surface area contributed by atoms with Crippen LogP contribution in [0.15, 0.2) is 12.3 Å². The number of aromatic nitrogens is 3. The Morgan fingerprint density at radius 3 is 2.67 bits per heavy atom. The van der Waals surface area contributed by atoms with Crippen LogP contribution in [0, 0.1) is 12.3 Å². The molecule has 2 aromatic heterocycles. The van der Waals surface area contributed by atoms with Crippen LogP contribution in [0.1, 0.15) is 37.9 Å². The minimum Gasteiger partial charge on any atom is -0.396 e. The molecule has 0 aromatic carbocycles.